The fraction of sp³-hybridized carbons (Fsp3) is 0.286. The summed E-state index contributed by atoms with van der Waals surface area (Å²) in [6.07, 6.45) is 0. The van der Waals surface area contributed by atoms with Crippen molar-refractivity contribution in [3.63, 3.8) is 0 Å². The van der Waals surface area contributed by atoms with Gasteiger partial charge in [-0.15, -0.1) is 0 Å². The van der Waals surface area contributed by atoms with Crippen LogP contribution in [0.15, 0.2) is 48.5 Å². The molecule has 6 nitrogen and oxygen atoms in total. The molecule has 2 atom stereocenters. The number of methoxy groups -OCH3 is 1. The average molecular weight is 369 g/mol. The normalized spacial score (nSPS) is 12.6. The molecule has 0 radical (unpaired) electrons. The number of benzene rings is 2. The molecule has 0 aliphatic heterocycles. The second-order valence-corrected chi connectivity index (χ2v) is 6.20. The van der Waals surface area contributed by atoms with Crippen molar-refractivity contribution in [2.75, 3.05) is 7.11 Å². The predicted molar refractivity (Wildman–Crippen MR) is 101 cm³/mol. The Morgan fingerprint density at radius 2 is 1.63 bits per heavy atom. The zero-order valence-corrected chi connectivity index (χ0v) is 15.8. The molecule has 2 aromatic rings. The van der Waals surface area contributed by atoms with Crippen molar-refractivity contribution in [3.8, 4) is 11.5 Å². The van der Waals surface area contributed by atoms with E-state index in [1.807, 2.05) is 6.07 Å². The fourth-order valence-electron chi connectivity index (χ4n) is 2.85. The molecule has 6 heteroatoms. The molecule has 1 N–H and O–H groups in total. The van der Waals surface area contributed by atoms with Gasteiger partial charge in [0.15, 0.2) is 17.3 Å². The highest BCUT2D eigenvalue weighted by molar-refractivity contribution is 5.98. The molecule has 0 aliphatic carbocycles. The minimum absolute atomic E-state index is 0.0858. The van der Waals surface area contributed by atoms with Gasteiger partial charge in [0.25, 0.3) is 0 Å². The average Bonchev–Trinajstić information content (AvgIpc) is 2.65. The van der Waals surface area contributed by atoms with Crippen molar-refractivity contribution in [2.45, 2.75) is 26.8 Å². The lowest BCUT2D eigenvalue weighted by Gasteiger charge is -2.25. The number of esters is 1. The van der Waals surface area contributed by atoms with E-state index in [1.165, 1.54) is 21.0 Å². The first kappa shape index (κ1) is 20.2. The number of nitrogens with one attached hydrogen (secondary N) is 1. The van der Waals surface area contributed by atoms with Gasteiger partial charge in [0.1, 0.15) is 0 Å². The Morgan fingerprint density at radius 3 is 2.19 bits per heavy atom. The number of carbonyl (C=O) groups is 3. The zero-order chi connectivity index (χ0) is 20.0. The van der Waals surface area contributed by atoms with E-state index < -0.39 is 17.9 Å². The first-order valence-corrected chi connectivity index (χ1v) is 8.56. The van der Waals surface area contributed by atoms with E-state index in [1.54, 1.807) is 49.4 Å². The van der Waals surface area contributed by atoms with Gasteiger partial charge >= 0.3 is 5.97 Å². The number of ether oxygens (including phenoxy) is 2. The number of hydrogen-bond donors (Lipinski definition) is 1. The van der Waals surface area contributed by atoms with Crippen LogP contribution in [0.2, 0.25) is 0 Å². The molecule has 2 rings (SSSR count). The Balaban J connectivity index is 2.39. The third kappa shape index (κ3) is 5.17. The highest BCUT2D eigenvalue weighted by Gasteiger charge is 2.28. The van der Waals surface area contributed by atoms with Crippen LogP contribution in [0.1, 0.15) is 42.7 Å². The molecular formula is C21H23NO5. The third-order valence-corrected chi connectivity index (χ3v) is 4.13. The summed E-state index contributed by atoms with van der Waals surface area (Å²) in [5.74, 6) is -0.699. The van der Waals surface area contributed by atoms with Crippen LogP contribution in [0.3, 0.4) is 0 Å². The topological polar surface area (TPSA) is 81.7 Å². The van der Waals surface area contributed by atoms with Crippen molar-refractivity contribution >= 4 is 17.7 Å². The quantitative estimate of drug-likeness (QED) is 0.460. The van der Waals surface area contributed by atoms with Crippen LogP contribution in [0.5, 0.6) is 11.5 Å². The number of ketones is 1. The molecule has 2 aromatic carbocycles. The van der Waals surface area contributed by atoms with E-state index in [2.05, 4.69) is 5.32 Å². The van der Waals surface area contributed by atoms with Crippen molar-refractivity contribution < 1.29 is 23.9 Å². The van der Waals surface area contributed by atoms with Gasteiger partial charge in [-0.25, -0.2) is 0 Å². The maximum Gasteiger partial charge on any atom is 0.308 e. The van der Waals surface area contributed by atoms with Gasteiger partial charge in [0.2, 0.25) is 5.91 Å². The van der Waals surface area contributed by atoms with Gasteiger partial charge < -0.3 is 14.8 Å². The summed E-state index contributed by atoms with van der Waals surface area (Å²) in [5, 5.41) is 2.84. The van der Waals surface area contributed by atoms with E-state index in [0.717, 1.165) is 0 Å². The fourth-order valence-corrected chi connectivity index (χ4v) is 2.85. The Hall–Kier alpha value is -3.15. The van der Waals surface area contributed by atoms with Crippen LogP contribution in [-0.4, -0.2) is 24.8 Å². The highest BCUT2D eigenvalue weighted by Crippen LogP contribution is 2.33. The van der Waals surface area contributed by atoms with Crippen LogP contribution in [0, 0.1) is 5.92 Å². The van der Waals surface area contributed by atoms with Crippen molar-refractivity contribution in [2.24, 2.45) is 5.92 Å². The maximum absolute atomic E-state index is 12.9. The third-order valence-electron chi connectivity index (χ3n) is 4.13. The number of carbonyl (C=O) groups excluding carboxylic acids is 3. The molecular weight excluding hydrogens is 346 g/mol. The summed E-state index contributed by atoms with van der Waals surface area (Å²) in [5.41, 5.74) is 1.25. The van der Waals surface area contributed by atoms with E-state index in [0.29, 0.717) is 16.9 Å². The van der Waals surface area contributed by atoms with Gasteiger partial charge in [-0.1, -0.05) is 43.3 Å². The lowest BCUT2D eigenvalue weighted by Crippen LogP contribution is -2.34. The van der Waals surface area contributed by atoms with Crippen LogP contribution < -0.4 is 14.8 Å². The SMILES string of the molecule is COc1cc(C(NC(C)=O)C(C)C(=O)c2ccccc2)ccc1OC(C)=O. The van der Waals surface area contributed by atoms with E-state index in [-0.39, 0.29) is 17.4 Å². The number of amides is 1. The summed E-state index contributed by atoms with van der Waals surface area (Å²) in [7, 11) is 1.46. The highest BCUT2D eigenvalue weighted by atomic mass is 16.6. The summed E-state index contributed by atoms with van der Waals surface area (Å²) >= 11 is 0. The van der Waals surface area contributed by atoms with Crippen LogP contribution in [0.25, 0.3) is 0 Å². The lowest BCUT2D eigenvalue weighted by molar-refractivity contribution is -0.132. The van der Waals surface area contributed by atoms with Gasteiger partial charge in [0, 0.05) is 25.3 Å². The molecule has 2 unspecified atom stereocenters. The molecule has 0 spiro atoms. The summed E-state index contributed by atoms with van der Waals surface area (Å²) in [6.45, 7) is 4.47. The Labute approximate surface area is 158 Å². The first-order chi connectivity index (χ1) is 12.8. The molecule has 27 heavy (non-hydrogen) atoms. The van der Waals surface area contributed by atoms with Crippen LogP contribution in [-0.2, 0) is 9.59 Å². The lowest BCUT2D eigenvalue weighted by atomic mass is 9.87. The predicted octanol–water partition coefficient (Wildman–Crippen LogP) is 3.32. The molecule has 1 amide bonds. The first-order valence-electron chi connectivity index (χ1n) is 8.56. The second-order valence-electron chi connectivity index (χ2n) is 6.20. The van der Waals surface area contributed by atoms with Crippen LogP contribution >= 0.6 is 0 Å². The largest absolute Gasteiger partial charge is 0.493 e. The molecule has 0 aliphatic rings. The monoisotopic (exact) mass is 369 g/mol. The molecule has 0 bridgehead atoms. The second kappa shape index (κ2) is 8.98. The van der Waals surface area contributed by atoms with E-state index >= 15 is 0 Å². The van der Waals surface area contributed by atoms with Gasteiger partial charge in [-0.3, -0.25) is 14.4 Å². The minimum Gasteiger partial charge on any atom is -0.493 e. The molecule has 0 saturated heterocycles. The molecule has 142 valence electrons. The smallest absolute Gasteiger partial charge is 0.308 e. The number of hydrogen-bond acceptors (Lipinski definition) is 5. The number of Topliss-reactive ketones (excluding diaryl/α,β-unsaturated/α-hetero) is 1. The van der Waals surface area contributed by atoms with Crippen molar-refractivity contribution in [1.82, 2.24) is 5.32 Å². The Kier molecular flexibility index (Phi) is 6.71. The standard InChI is InChI=1S/C21H23NO5/c1-13(21(25)16-8-6-5-7-9-16)20(22-14(2)23)17-10-11-18(27-15(3)24)19(12-17)26-4/h5-13,20H,1-4H3,(H,22,23). The maximum atomic E-state index is 12.9. The molecule has 0 aromatic heterocycles. The Morgan fingerprint density at radius 1 is 0.963 bits per heavy atom. The van der Waals surface area contributed by atoms with Gasteiger partial charge in [-0.05, 0) is 17.7 Å². The molecule has 0 fully saturated rings. The van der Waals surface area contributed by atoms with Crippen molar-refractivity contribution in [1.29, 1.82) is 0 Å². The number of rotatable bonds is 7. The summed E-state index contributed by atoms with van der Waals surface area (Å²) in [6, 6.07) is 13.3. The van der Waals surface area contributed by atoms with Gasteiger partial charge in [0.05, 0.1) is 13.2 Å². The van der Waals surface area contributed by atoms with Crippen LogP contribution in [0.4, 0.5) is 0 Å². The van der Waals surface area contributed by atoms with Crippen molar-refractivity contribution in [3.05, 3.63) is 59.7 Å². The van der Waals surface area contributed by atoms with Gasteiger partial charge in [-0.2, -0.15) is 0 Å². The Bertz CT molecular complexity index is 832. The minimum atomic E-state index is -0.560. The summed E-state index contributed by atoms with van der Waals surface area (Å²) < 4.78 is 10.4. The molecule has 0 heterocycles. The van der Waals surface area contributed by atoms with E-state index in [4.69, 9.17) is 9.47 Å². The molecule has 0 saturated carbocycles. The zero-order valence-electron chi connectivity index (χ0n) is 15.8. The van der Waals surface area contributed by atoms with E-state index in [9.17, 15) is 14.4 Å². The summed E-state index contributed by atoms with van der Waals surface area (Å²) in [4.78, 5) is 35.8.